The zero-order valence-corrected chi connectivity index (χ0v) is 15.2. The van der Waals surface area contributed by atoms with Gasteiger partial charge in [-0.2, -0.15) is 0 Å². The molecule has 2 aromatic carbocycles. The molecule has 4 rings (SSSR count). The molecule has 0 saturated carbocycles. The molecule has 3 aromatic rings. The van der Waals surface area contributed by atoms with Gasteiger partial charge in [0.05, 0.1) is 17.0 Å². The molecule has 6 nitrogen and oxygen atoms in total. The van der Waals surface area contributed by atoms with Gasteiger partial charge < -0.3 is 15.2 Å². The first-order chi connectivity index (χ1) is 13.1. The predicted octanol–water partition coefficient (Wildman–Crippen LogP) is 3.43. The van der Waals surface area contributed by atoms with Crippen LogP contribution < -0.4 is 5.32 Å². The van der Waals surface area contributed by atoms with Crippen LogP contribution in [0.4, 0.5) is 5.69 Å². The number of nitrogens with one attached hydrogen (secondary N) is 2. The summed E-state index contributed by atoms with van der Waals surface area (Å²) in [4.78, 5) is 33.9. The van der Waals surface area contributed by atoms with Gasteiger partial charge in [0.1, 0.15) is 5.82 Å². The highest BCUT2D eigenvalue weighted by molar-refractivity contribution is 5.93. The fourth-order valence-electron chi connectivity index (χ4n) is 3.56. The molecule has 0 spiro atoms. The van der Waals surface area contributed by atoms with Crippen molar-refractivity contribution in [2.45, 2.75) is 19.8 Å². The molecule has 0 aliphatic carbocycles. The van der Waals surface area contributed by atoms with Crippen molar-refractivity contribution in [1.82, 2.24) is 14.9 Å². The molecule has 6 heteroatoms. The number of likely N-dealkylation sites (tertiary alicyclic amines) is 1. The topological polar surface area (TPSA) is 78.1 Å². The van der Waals surface area contributed by atoms with Crippen LogP contribution in [0, 0.1) is 5.92 Å². The molecule has 1 unspecified atom stereocenters. The lowest BCUT2D eigenvalue weighted by atomic mass is 9.97. The van der Waals surface area contributed by atoms with Gasteiger partial charge in [-0.15, -0.1) is 0 Å². The summed E-state index contributed by atoms with van der Waals surface area (Å²) >= 11 is 0. The van der Waals surface area contributed by atoms with E-state index in [4.69, 9.17) is 0 Å². The molecule has 1 saturated heterocycles. The molecule has 1 atom stereocenters. The summed E-state index contributed by atoms with van der Waals surface area (Å²) in [5.74, 6) is 0.590. The number of amides is 2. The van der Waals surface area contributed by atoms with Crippen molar-refractivity contribution in [2.75, 3.05) is 18.4 Å². The van der Waals surface area contributed by atoms with E-state index in [1.165, 1.54) is 0 Å². The minimum absolute atomic E-state index is 0.0272. The van der Waals surface area contributed by atoms with Gasteiger partial charge in [-0.1, -0.05) is 24.3 Å². The van der Waals surface area contributed by atoms with Crippen LogP contribution >= 0.6 is 0 Å². The number of imidazole rings is 1. The zero-order valence-electron chi connectivity index (χ0n) is 15.2. The van der Waals surface area contributed by atoms with Crippen LogP contribution in [0.5, 0.6) is 0 Å². The van der Waals surface area contributed by atoms with Gasteiger partial charge in [0.2, 0.25) is 11.8 Å². The summed E-state index contributed by atoms with van der Waals surface area (Å²) in [6.45, 7) is 2.78. The summed E-state index contributed by atoms with van der Waals surface area (Å²) in [6, 6.07) is 15.5. The van der Waals surface area contributed by atoms with Crippen LogP contribution in [-0.4, -0.2) is 39.8 Å². The van der Waals surface area contributed by atoms with Crippen LogP contribution in [0.1, 0.15) is 19.8 Å². The number of H-pyrrole nitrogens is 1. The van der Waals surface area contributed by atoms with Gasteiger partial charge in [-0.3, -0.25) is 9.59 Å². The van der Waals surface area contributed by atoms with Crippen molar-refractivity contribution in [3.63, 3.8) is 0 Å². The molecule has 27 heavy (non-hydrogen) atoms. The predicted molar refractivity (Wildman–Crippen MR) is 105 cm³/mol. The average Bonchev–Trinajstić information content (AvgIpc) is 3.12. The van der Waals surface area contributed by atoms with Crippen LogP contribution in [0.3, 0.4) is 0 Å². The van der Waals surface area contributed by atoms with Gasteiger partial charge >= 0.3 is 0 Å². The van der Waals surface area contributed by atoms with Crippen LogP contribution in [-0.2, 0) is 9.59 Å². The standard InChI is InChI=1S/C21H22N4O2/c1-14(26)25-11-5-7-16(13-25)21(27)22-17-8-4-6-15(12-17)20-23-18-9-2-3-10-19(18)24-20/h2-4,6,8-10,12,16H,5,7,11,13H2,1H3,(H,22,27)(H,23,24). The highest BCUT2D eigenvalue weighted by atomic mass is 16.2. The Kier molecular flexibility index (Phi) is 4.62. The minimum Gasteiger partial charge on any atom is -0.342 e. The Labute approximate surface area is 157 Å². The number of benzene rings is 2. The zero-order chi connectivity index (χ0) is 18.8. The maximum absolute atomic E-state index is 12.7. The van der Waals surface area contributed by atoms with E-state index in [2.05, 4.69) is 15.3 Å². The maximum Gasteiger partial charge on any atom is 0.229 e. The Balaban J connectivity index is 1.50. The fourth-order valence-corrected chi connectivity index (χ4v) is 3.56. The molecular weight excluding hydrogens is 340 g/mol. The van der Waals surface area contributed by atoms with E-state index in [1.807, 2.05) is 48.5 Å². The quantitative estimate of drug-likeness (QED) is 0.749. The molecule has 138 valence electrons. The number of aromatic amines is 1. The lowest BCUT2D eigenvalue weighted by Gasteiger charge is -2.31. The second-order valence-corrected chi connectivity index (χ2v) is 6.98. The van der Waals surface area contributed by atoms with Crippen LogP contribution in [0.25, 0.3) is 22.4 Å². The molecule has 1 aromatic heterocycles. The molecule has 2 amide bonds. The lowest BCUT2D eigenvalue weighted by molar-refractivity contribution is -0.132. The number of hydrogen-bond donors (Lipinski definition) is 2. The third-order valence-electron chi connectivity index (χ3n) is 5.03. The molecular formula is C21H22N4O2. The number of hydrogen-bond acceptors (Lipinski definition) is 3. The van der Waals surface area contributed by atoms with E-state index >= 15 is 0 Å². The largest absolute Gasteiger partial charge is 0.342 e. The third-order valence-corrected chi connectivity index (χ3v) is 5.03. The summed E-state index contributed by atoms with van der Waals surface area (Å²) in [5, 5.41) is 3.00. The number of fused-ring (bicyclic) bond motifs is 1. The molecule has 1 aliphatic rings. The van der Waals surface area contributed by atoms with Crippen molar-refractivity contribution < 1.29 is 9.59 Å². The van der Waals surface area contributed by atoms with Crippen molar-refractivity contribution in [3.05, 3.63) is 48.5 Å². The van der Waals surface area contributed by atoms with E-state index in [9.17, 15) is 9.59 Å². The maximum atomic E-state index is 12.7. The van der Waals surface area contributed by atoms with Crippen LogP contribution in [0.2, 0.25) is 0 Å². The first kappa shape index (κ1) is 17.3. The van der Waals surface area contributed by atoms with Crippen LogP contribution in [0.15, 0.2) is 48.5 Å². The molecule has 1 fully saturated rings. The lowest BCUT2D eigenvalue weighted by Crippen LogP contribution is -2.42. The van der Waals surface area contributed by atoms with E-state index < -0.39 is 0 Å². The Morgan fingerprint density at radius 2 is 2.04 bits per heavy atom. The number of para-hydroxylation sites is 2. The van der Waals surface area contributed by atoms with Gasteiger partial charge in [0, 0.05) is 31.3 Å². The van der Waals surface area contributed by atoms with Gasteiger partial charge in [0.25, 0.3) is 0 Å². The summed E-state index contributed by atoms with van der Waals surface area (Å²) in [5.41, 5.74) is 3.54. The number of nitrogens with zero attached hydrogens (tertiary/aromatic N) is 2. The minimum atomic E-state index is -0.169. The highest BCUT2D eigenvalue weighted by Gasteiger charge is 2.27. The molecule has 0 radical (unpaired) electrons. The molecule has 2 heterocycles. The summed E-state index contributed by atoms with van der Waals surface area (Å²) in [6.07, 6.45) is 1.66. The second kappa shape index (κ2) is 7.23. The average molecular weight is 362 g/mol. The molecule has 2 N–H and O–H groups in total. The Hall–Kier alpha value is -3.15. The van der Waals surface area contributed by atoms with E-state index in [0.29, 0.717) is 6.54 Å². The van der Waals surface area contributed by atoms with E-state index in [1.54, 1.807) is 11.8 Å². The fraction of sp³-hybridized carbons (Fsp3) is 0.286. The first-order valence-corrected chi connectivity index (χ1v) is 9.22. The van der Waals surface area contributed by atoms with Crippen molar-refractivity contribution in [2.24, 2.45) is 5.92 Å². The van der Waals surface area contributed by atoms with Crippen molar-refractivity contribution in [1.29, 1.82) is 0 Å². The number of carbonyl (C=O) groups is 2. The Morgan fingerprint density at radius 3 is 2.85 bits per heavy atom. The van der Waals surface area contributed by atoms with E-state index in [0.717, 1.165) is 47.5 Å². The summed E-state index contributed by atoms with van der Waals surface area (Å²) in [7, 11) is 0. The van der Waals surface area contributed by atoms with E-state index in [-0.39, 0.29) is 17.7 Å². The SMILES string of the molecule is CC(=O)N1CCCC(C(=O)Nc2cccc(-c3nc4ccccc4[nH]3)c2)C1. The Morgan fingerprint density at radius 1 is 1.19 bits per heavy atom. The van der Waals surface area contributed by atoms with Crippen molar-refractivity contribution in [3.8, 4) is 11.4 Å². The monoisotopic (exact) mass is 362 g/mol. The smallest absolute Gasteiger partial charge is 0.229 e. The first-order valence-electron chi connectivity index (χ1n) is 9.22. The van der Waals surface area contributed by atoms with Gasteiger partial charge in [-0.05, 0) is 37.1 Å². The highest BCUT2D eigenvalue weighted by Crippen LogP contribution is 2.24. The molecule has 1 aliphatic heterocycles. The molecule has 0 bridgehead atoms. The Bertz CT molecular complexity index is 962. The van der Waals surface area contributed by atoms with Gasteiger partial charge in [0.15, 0.2) is 0 Å². The number of piperidine rings is 1. The number of aromatic nitrogens is 2. The normalized spacial score (nSPS) is 17.1. The van der Waals surface area contributed by atoms with Gasteiger partial charge in [-0.25, -0.2) is 4.98 Å². The third kappa shape index (κ3) is 3.69. The second-order valence-electron chi connectivity index (χ2n) is 6.98. The number of carbonyl (C=O) groups excluding carboxylic acids is 2. The summed E-state index contributed by atoms with van der Waals surface area (Å²) < 4.78 is 0. The van der Waals surface area contributed by atoms with Crippen molar-refractivity contribution >= 4 is 28.5 Å². The number of rotatable bonds is 3. The number of anilines is 1.